The second-order valence-corrected chi connectivity index (χ2v) is 8.83. The molecule has 1 N–H and O–H groups in total. The Balaban J connectivity index is 1.40. The lowest BCUT2D eigenvalue weighted by Gasteiger charge is -2.57. The number of nitrogens with zero attached hydrogens (tertiary/aromatic N) is 1. The van der Waals surface area contributed by atoms with Gasteiger partial charge in [0.25, 0.3) is 5.91 Å². The van der Waals surface area contributed by atoms with Crippen LogP contribution in [0.4, 0.5) is 4.79 Å². The highest BCUT2D eigenvalue weighted by Crippen LogP contribution is 2.62. The Kier molecular flexibility index (Phi) is 4.32. The molecule has 1 aliphatic heterocycles. The number of esters is 1. The van der Waals surface area contributed by atoms with Gasteiger partial charge in [-0.15, -0.1) is 0 Å². The summed E-state index contributed by atoms with van der Waals surface area (Å²) in [7, 11) is 0. The molecule has 4 aliphatic carbocycles. The molecule has 1 saturated heterocycles. The topological polar surface area (TPSA) is 75.7 Å². The highest BCUT2D eigenvalue weighted by molar-refractivity contribution is 5.98. The standard InChI is InChI=1S/C20H28N2O4/c1-12(20-9-14-6-15(10-20)8-16(7-14)11-20)5-17(23)26-13(2)18(24)22-4-3-21-19(22)25/h5,13-16H,3-4,6-11H2,1-2H3,(H,21,25)/b12-5+/t13-,14?,15?,16?,20?/m1/s1. The predicted octanol–water partition coefficient (Wildman–Crippen LogP) is 2.63. The van der Waals surface area contributed by atoms with Crippen LogP contribution >= 0.6 is 0 Å². The number of nitrogens with one attached hydrogen (secondary N) is 1. The second kappa shape index (κ2) is 6.39. The predicted molar refractivity (Wildman–Crippen MR) is 95.0 cm³/mol. The highest BCUT2D eigenvalue weighted by atomic mass is 16.5. The third kappa shape index (κ3) is 3.03. The molecular weight excluding hydrogens is 332 g/mol. The molecule has 4 saturated carbocycles. The number of hydrogen-bond acceptors (Lipinski definition) is 4. The second-order valence-electron chi connectivity index (χ2n) is 8.83. The van der Waals surface area contributed by atoms with Gasteiger partial charge < -0.3 is 10.1 Å². The van der Waals surface area contributed by atoms with E-state index in [1.807, 2.05) is 0 Å². The van der Waals surface area contributed by atoms with Crippen LogP contribution in [0.1, 0.15) is 52.4 Å². The maximum atomic E-state index is 12.4. The van der Waals surface area contributed by atoms with Crippen molar-refractivity contribution in [2.75, 3.05) is 13.1 Å². The smallest absolute Gasteiger partial charge is 0.331 e. The summed E-state index contributed by atoms with van der Waals surface area (Å²) in [5, 5.41) is 2.58. The van der Waals surface area contributed by atoms with Crippen LogP contribution in [-0.4, -0.2) is 42.0 Å². The van der Waals surface area contributed by atoms with Crippen molar-refractivity contribution in [3.05, 3.63) is 11.6 Å². The summed E-state index contributed by atoms with van der Waals surface area (Å²) in [6.45, 7) is 4.34. The van der Waals surface area contributed by atoms with Crippen molar-refractivity contribution >= 4 is 17.9 Å². The highest BCUT2D eigenvalue weighted by Gasteiger charge is 2.51. The normalized spacial score (nSPS) is 36.8. The van der Waals surface area contributed by atoms with Crippen LogP contribution in [-0.2, 0) is 14.3 Å². The van der Waals surface area contributed by atoms with Crippen molar-refractivity contribution in [1.82, 2.24) is 10.2 Å². The van der Waals surface area contributed by atoms with E-state index in [2.05, 4.69) is 12.2 Å². The van der Waals surface area contributed by atoms with Crippen molar-refractivity contribution in [2.45, 2.75) is 58.5 Å². The number of ether oxygens (including phenoxy) is 1. The fourth-order valence-corrected chi connectivity index (χ4v) is 6.08. The van der Waals surface area contributed by atoms with Crippen molar-refractivity contribution in [2.24, 2.45) is 23.2 Å². The number of carbonyl (C=O) groups excluding carboxylic acids is 3. The summed E-state index contributed by atoms with van der Waals surface area (Å²) < 4.78 is 5.32. The summed E-state index contributed by atoms with van der Waals surface area (Å²) >= 11 is 0. The molecule has 0 radical (unpaired) electrons. The largest absolute Gasteiger partial charge is 0.449 e. The summed E-state index contributed by atoms with van der Waals surface area (Å²) in [5.41, 5.74) is 1.27. The Morgan fingerprint density at radius 3 is 2.27 bits per heavy atom. The number of urea groups is 1. The maximum absolute atomic E-state index is 12.4. The molecule has 142 valence electrons. The van der Waals surface area contributed by atoms with Crippen LogP contribution in [0.2, 0.25) is 0 Å². The summed E-state index contributed by atoms with van der Waals surface area (Å²) in [5.74, 6) is 1.51. The van der Waals surface area contributed by atoms with Crippen LogP contribution in [0, 0.1) is 23.2 Å². The van der Waals surface area contributed by atoms with E-state index >= 15 is 0 Å². The molecule has 0 unspecified atom stereocenters. The van der Waals surface area contributed by atoms with Crippen molar-refractivity contribution in [1.29, 1.82) is 0 Å². The van der Waals surface area contributed by atoms with E-state index in [4.69, 9.17) is 4.74 Å². The number of carbonyl (C=O) groups is 3. The Bertz CT molecular complexity index is 633. The van der Waals surface area contributed by atoms with Gasteiger partial charge in [-0.05, 0) is 75.5 Å². The first-order chi connectivity index (χ1) is 12.4. The van der Waals surface area contributed by atoms with Crippen LogP contribution in [0.5, 0.6) is 0 Å². The van der Waals surface area contributed by atoms with E-state index in [1.165, 1.54) is 45.4 Å². The molecule has 5 fully saturated rings. The average molecular weight is 360 g/mol. The van der Waals surface area contributed by atoms with Gasteiger partial charge in [0.2, 0.25) is 0 Å². The first kappa shape index (κ1) is 17.6. The molecule has 0 aromatic rings. The number of amides is 3. The van der Waals surface area contributed by atoms with Crippen molar-refractivity contribution in [3.63, 3.8) is 0 Å². The Labute approximate surface area is 154 Å². The molecule has 5 aliphatic rings. The van der Waals surface area contributed by atoms with Gasteiger partial charge in [0.15, 0.2) is 6.10 Å². The van der Waals surface area contributed by atoms with E-state index < -0.39 is 24.0 Å². The number of hydrogen-bond donors (Lipinski definition) is 1. The molecule has 3 amide bonds. The molecule has 0 aromatic carbocycles. The quantitative estimate of drug-likeness (QED) is 0.618. The molecule has 6 heteroatoms. The van der Waals surface area contributed by atoms with Gasteiger partial charge in [-0.3, -0.25) is 9.69 Å². The van der Waals surface area contributed by atoms with Crippen LogP contribution in [0.15, 0.2) is 11.6 Å². The molecule has 1 heterocycles. The SMILES string of the molecule is C/C(=C\C(=O)O[C@H](C)C(=O)N1CCNC1=O)C12CC3CC(CC(C3)C1)C2. The summed E-state index contributed by atoms with van der Waals surface area (Å²) in [6.07, 6.45) is 8.31. The minimum atomic E-state index is -0.952. The summed E-state index contributed by atoms with van der Waals surface area (Å²) in [4.78, 5) is 37.3. The van der Waals surface area contributed by atoms with E-state index in [-0.39, 0.29) is 5.41 Å². The third-order valence-corrected chi connectivity index (χ3v) is 6.97. The van der Waals surface area contributed by atoms with Gasteiger partial charge in [0, 0.05) is 19.2 Å². The molecular formula is C20H28N2O4. The minimum Gasteiger partial charge on any atom is -0.449 e. The first-order valence-electron chi connectivity index (χ1n) is 9.85. The lowest BCUT2D eigenvalue weighted by atomic mass is 9.48. The minimum absolute atomic E-state index is 0.163. The third-order valence-electron chi connectivity index (χ3n) is 6.97. The Morgan fingerprint density at radius 2 is 1.77 bits per heavy atom. The van der Waals surface area contributed by atoms with Crippen LogP contribution in [0.3, 0.4) is 0 Å². The van der Waals surface area contributed by atoms with Gasteiger partial charge >= 0.3 is 12.0 Å². The van der Waals surface area contributed by atoms with Crippen LogP contribution in [0.25, 0.3) is 0 Å². The Hall–Kier alpha value is -1.85. The molecule has 5 rings (SSSR count). The molecule has 0 spiro atoms. The number of allylic oxidation sites excluding steroid dienone is 1. The van der Waals surface area contributed by atoms with Crippen molar-refractivity contribution in [3.8, 4) is 0 Å². The lowest BCUT2D eigenvalue weighted by Crippen LogP contribution is -2.46. The van der Waals surface area contributed by atoms with Gasteiger partial charge in [0.1, 0.15) is 0 Å². The van der Waals surface area contributed by atoms with Gasteiger partial charge in [-0.2, -0.15) is 0 Å². The van der Waals surface area contributed by atoms with Gasteiger partial charge in [-0.1, -0.05) is 5.57 Å². The molecule has 26 heavy (non-hydrogen) atoms. The fraction of sp³-hybridized carbons (Fsp3) is 0.750. The monoisotopic (exact) mass is 360 g/mol. The molecule has 1 atom stereocenters. The average Bonchev–Trinajstić information content (AvgIpc) is 2.98. The van der Waals surface area contributed by atoms with E-state index in [1.54, 1.807) is 6.08 Å². The molecule has 6 nitrogen and oxygen atoms in total. The van der Waals surface area contributed by atoms with E-state index in [0.29, 0.717) is 13.1 Å². The van der Waals surface area contributed by atoms with E-state index in [9.17, 15) is 14.4 Å². The first-order valence-corrected chi connectivity index (χ1v) is 9.85. The fourth-order valence-electron chi connectivity index (χ4n) is 6.08. The van der Waals surface area contributed by atoms with Gasteiger partial charge in [0.05, 0.1) is 0 Å². The number of imide groups is 1. The van der Waals surface area contributed by atoms with E-state index in [0.717, 1.165) is 28.2 Å². The zero-order valence-electron chi connectivity index (χ0n) is 15.6. The van der Waals surface area contributed by atoms with Crippen LogP contribution < -0.4 is 5.32 Å². The van der Waals surface area contributed by atoms with Gasteiger partial charge in [-0.25, -0.2) is 9.59 Å². The Morgan fingerprint density at radius 1 is 1.19 bits per heavy atom. The van der Waals surface area contributed by atoms with Crippen molar-refractivity contribution < 1.29 is 19.1 Å². The lowest BCUT2D eigenvalue weighted by molar-refractivity contribution is -0.153. The number of rotatable bonds is 4. The summed E-state index contributed by atoms with van der Waals surface area (Å²) in [6, 6.07) is -0.418. The maximum Gasteiger partial charge on any atom is 0.331 e. The molecule has 0 aromatic heterocycles. The zero-order valence-corrected chi connectivity index (χ0v) is 15.6. The molecule has 4 bridgehead atoms. The zero-order chi connectivity index (χ0) is 18.5.